The molecule has 0 saturated carbocycles. The quantitative estimate of drug-likeness (QED) is 0.700. The Bertz CT molecular complexity index is 326. The van der Waals surface area contributed by atoms with Crippen molar-refractivity contribution in [2.24, 2.45) is 0 Å². The van der Waals surface area contributed by atoms with Crippen molar-refractivity contribution in [2.45, 2.75) is 18.9 Å². The van der Waals surface area contributed by atoms with Gasteiger partial charge in [0.05, 0.1) is 6.10 Å². The smallest absolute Gasteiger partial charge is 0.123 e. The Morgan fingerprint density at radius 3 is 2.46 bits per heavy atom. The second kappa shape index (κ2) is 3.30. The minimum absolute atomic E-state index is 0.239. The van der Waals surface area contributed by atoms with Crippen LogP contribution in [0.15, 0.2) is 30.3 Å². The lowest BCUT2D eigenvalue weighted by Crippen LogP contribution is -2.03. The van der Waals surface area contributed by atoms with Gasteiger partial charge in [-0.15, -0.1) is 0 Å². The number of allylic oxidation sites excluding steroid dienone is 1. The summed E-state index contributed by atoms with van der Waals surface area (Å²) in [5.74, 6) is -0.239. The van der Waals surface area contributed by atoms with Crippen molar-refractivity contribution in [3.63, 3.8) is 0 Å². The zero-order valence-electron chi connectivity index (χ0n) is 7.20. The molecule has 0 radical (unpaired) electrons. The van der Waals surface area contributed by atoms with Crippen LogP contribution in [0.2, 0.25) is 0 Å². The number of hydrogen-bond donors (Lipinski definition) is 1. The largest absolute Gasteiger partial charge is 0.388 e. The molecule has 1 atom stereocenters. The number of halogens is 1. The van der Waals surface area contributed by atoms with Crippen LogP contribution in [0, 0.1) is 5.82 Å². The van der Waals surface area contributed by atoms with Crippen molar-refractivity contribution >= 4 is 5.57 Å². The van der Waals surface area contributed by atoms with Crippen LogP contribution in [-0.2, 0) is 0 Å². The maximum Gasteiger partial charge on any atom is 0.123 e. The Balaban J connectivity index is 2.30. The van der Waals surface area contributed by atoms with Crippen LogP contribution < -0.4 is 0 Å². The fraction of sp³-hybridized carbons (Fsp3) is 0.273. The zero-order valence-corrected chi connectivity index (χ0v) is 7.20. The van der Waals surface area contributed by atoms with E-state index in [1.54, 1.807) is 12.1 Å². The Kier molecular flexibility index (Phi) is 2.15. The summed E-state index contributed by atoms with van der Waals surface area (Å²) in [7, 11) is 0. The van der Waals surface area contributed by atoms with Crippen molar-refractivity contribution in [3.8, 4) is 0 Å². The molecule has 0 amide bonds. The van der Waals surface area contributed by atoms with Crippen molar-refractivity contribution < 1.29 is 9.50 Å². The van der Waals surface area contributed by atoms with Gasteiger partial charge in [-0.2, -0.15) is 0 Å². The highest BCUT2D eigenvalue weighted by molar-refractivity contribution is 5.70. The topological polar surface area (TPSA) is 20.2 Å². The standard InChI is InChI=1S/C11H11FO/c12-9-6-4-8(5-7-9)10-2-1-3-11(10)13/h2,4-7,11,13H,1,3H2. The molecular formula is C11H11FO. The first-order valence-electron chi connectivity index (χ1n) is 4.41. The predicted molar refractivity (Wildman–Crippen MR) is 49.6 cm³/mol. The van der Waals surface area contributed by atoms with Gasteiger partial charge in [-0.1, -0.05) is 18.2 Å². The highest BCUT2D eigenvalue weighted by Crippen LogP contribution is 2.27. The van der Waals surface area contributed by atoms with Crippen molar-refractivity contribution in [1.29, 1.82) is 0 Å². The van der Waals surface area contributed by atoms with E-state index in [0.717, 1.165) is 24.0 Å². The number of benzene rings is 1. The van der Waals surface area contributed by atoms with Crippen LogP contribution in [0.1, 0.15) is 18.4 Å². The van der Waals surface area contributed by atoms with Gasteiger partial charge < -0.3 is 5.11 Å². The van der Waals surface area contributed by atoms with Gasteiger partial charge in [-0.05, 0) is 36.1 Å². The molecule has 0 aliphatic heterocycles. The van der Waals surface area contributed by atoms with Crippen LogP contribution in [0.5, 0.6) is 0 Å². The third-order valence-corrected chi connectivity index (χ3v) is 2.34. The monoisotopic (exact) mass is 178 g/mol. The molecule has 1 aliphatic rings. The number of rotatable bonds is 1. The molecule has 2 rings (SSSR count). The molecule has 13 heavy (non-hydrogen) atoms. The Morgan fingerprint density at radius 1 is 1.23 bits per heavy atom. The second-order valence-corrected chi connectivity index (χ2v) is 3.26. The first-order chi connectivity index (χ1) is 6.27. The molecule has 1 N–H and O–H groups in total. The van der Waals surface area contributed by atoms with E-state index < -0.39 is 0 Å². The minimum Gasteiger partial charge on any atom is -0.388 e. The number of hydrogen-bond acceptors (Lipinski definition) is 1. The van der Waals surface area contributed by atoms with Gasteiger partial charge >= 0.3 is 0 Å². The molecule has 0 saturated heterocycles. The molecule has 0 fully saturated rings. The molecule has 1 aromatic rings. The summed E-state index contributed by atoms with van der Waals surface area (Å²) in [6.07, 6.45) is 3.34. The second-order valence-electron chi connectivity index (χ2n) is 3.26. The molecule has 2 heteroatoms. The van der Waals surface area contributed by atoms with Gasteiger partial charge in [-0.3, -0.25) is 0 Å². The molecule has 68 valence electrons. The van der Waals surface area contributed by atoms with Gasteiger partial charge in [0, 0.05) is 0 Å². The van der Waals surface area contributed by atoms with Gasteiger partial charge in [0.1, 0.15) is 5.82 Å². The lowest BCUT2D eigenvalue weighted by molar-refractivity contribution is 0.231. The van der Waals surface area contributed by atoms with E-state index in [4.69, 9.17) is 0 Å². The number of aliphatic hydroxyl groups is 1. The summed E-state index contributed by atoms with van der Waals surface area (Å²) >= 11 is 0. The van der Waals surface area contributed by atoms with E-state index in [2.05, 4.69) is 0 Å². The molecule has 1 aliphatic carbocycles. The zero-order chi connectivity index (χ0) is 9.26. The van der Waals surface area contributed by atoms with Crippen LogP contribution in [0.4, 0.5) is 4.39 Å². The molecule has 1 unspecified atom stereocenters. The van der Waals surface area contributed by atoms with E-state index in [-0.39, 0.29) is 11.9 Å². The lowest BCUT2D eigenvalue weighted by atomic mass is 10.0. The van der Waals surface area contributed by atoms with Crippen LogP contribution >= 0.6 is 0 Å². The molecular weight excluding hydrogens is 167 g/mol. The molecule has 0 heterocycles. The van der Waals surface area contributed by atoms with Crippen LogP contribution in [-0.4, -0.2) is 11.2 Å². The van der Waals surface area contributed by atoms with E-state index in [1.807, 2.05) is 6.08 Å². The average Bonchev–Trinajstić information content (AvgIpc) is 2.53. The van der Waals surface area contributed by atoms with Crippen molar-refractivity contribution in [2.75, 3.05) is 0 Å². The number of aliphatic hydroxyl groups excluding tert-OH is 1. The van der Waals surface area contributed by atoms with Gasteiger partial charge in [0.2, 0.25) is 0 Å². The van der Waals surface area contributed by atoms with E-state index >= 15 is 0 Å². The highest BCUT2D eigenvalue weighted by atomic mass is 19.1. The van der Waals surface area contributed by atoms with Gasteiger partial charge in [-0.25, -0.2) is 4.39 Å². The summed E-state index contributed by atoms with van der Waals surface area (Å²) < 4.78 is 12.6. The third-order valence-electron chi connectivity index (χ3n) is 2.34. The molecule has 1 nitrogen and oxygen atoms in total. The summed E-state index contributed by atoms with van der Waals surface area (Å²) in [6, 6.07) is 6.24. The molecule has 0 bridgehead atoms. The molecule has 1 aromatic carbocycles. The van der Waals surface area contributed by atoms with Crippen molar-refractivity contribution in [1.82, 2.24) is 0 Å². The maximum atomic E-state index is 12.6. The summed E-state index contributed by atoms with van der Waals surface area (Å²) in [5, 5.41) is 9.55. The predicted octanol–water partition coefficient (Wildman–Crippen LogP) is 2.36. The van der Waals surface area contributed by atoms with E-state index in [0.29, 0.717) is 0 Å². The van der Waals surface area contributed by atoms with Crippen molar-refractivity contribution in [3.05, 3.63) is 41.7 Å². The van der Waals surface area contributed by atoms with E-state index in [9.17, 15) is 9.50 Å². The van der Waals surface area contributed by atoms with Gasteiger partial charge in [0.25, 0.3) is 0 Å². The fourth-order valence-electron chi connectivity index (χ4n) is 1.64. The molecule has 0 aromatic heterocycles. The minimum atomic E-state index is -0.370. The normalized spacial score (nSPS) is 21.7. The average molecular weight is 178 g/mol. The highest BCUT2D eigenvalue weighted by Gasteiger charge is 2.17. The summed E-state index contributed by atoms with van der Waals surface area (Å²) in [5.41, 5.74) is 1.85. The molecule has 0 spiro atoms. The third kappa shape index (κ3) is 1.63. The van der Waals surface area contributed by atoms with E-state index in [1.165, 1.54) is 12.1 Å². The van der Waals surface area contributed by atoms with Crippen LogP contribution in [0.3, 0.4) is 0 Å². The van der Waals surface area contributed by atoms with Crippen LogP contribution in [0.25, 0.3) is 5.57 Å². The summed E-state index contributed by atoms with van der Waals surface area (Å²) in [4.78, 5) is 0. The lowest BCUT2D eigenvalue weighted by Gasteiger charge is -2.07. The van der Waals surface area contributed by atoms with Gasteiger partial charge in [0.15, 0.2) is 0 Å². The fourth-order valence-corrected chi connectivity index (χ4v) is 1.64. The first kappa shape index (κ1) is 8.45. The summed E-state index contributed by atoms with van der Waals surface area (Å²) in [6.45, 7) is 0. The maximum absolute atomic E-state index is 12.6. The first-order valence-corrected chi connectivity index (χ1v) is 4.41. The Morgan fingerprint density at radius 2 is 1.92 bits per heavy atom. The Labute approximate surface area is 76.5 Å². The Hall–Kier alpha value is -1.15. The SMILES string of the molecule is OC1CCC=C1c1ccc(F)cc1.